The Labute approximate surface area is 205 Å². The van der Waals surface area contributed by atoms with Gasteiger partial charge in [-0.2, -0.15) is 0 Å². The molecule has 5 rings (SSSR count). The van der Waals surface area contributed by atoms with E-state index in [0.29, 0.717) is 17.8 Å². The number of anilines is 2. The van der Waals surface area contributed by atoms with Crippen LogP contribution in [0.25, 0.3) is 0 Å². The quantitative estimate of drug-likeness (QED) is 0.608. The minimum Gasteiger partial charge on any atom is -0.487 e. The standard InChI is InChI=1S/C26H32N4O5/c1-29-9-11-30(12-10-29)24(32)15-19-14-21-20-13-18(28-26(33)27-17-5-3-2-4-6-17)7-8-22(20)35-25(21)23(16-31)34-19/h2-8,13,19,21,23,25,31H,9-12,14-16H2,1H3,(H2,27,28,33)/t19-,21+,23+,25-/m1/s1. The number of urea groups is 1. The van der Waals surface area contributed by atoms with Gasteiger partial charge >= 0.3 is 6.03 Å². The molecule has 9 heteroatoms. The number of rotatable bonds is 5. The van der Waals surface area contributed by atoms with Gasteiger partial charge in [-0.1, -0.05) is 18.2 Å². The van der Waals surface area contributed by atoms with E-state index >= 15 is 0 Å². The van der Waals surface area contributed by atoms with Gasteiger partial charge in [0.1, 0.15) is 18.0 Å². The van der Waals surface area contributed by atoms with Crippen LogP contribution in [0.2, 0.25) is 0 Å². The van der Waals surface area contributed by atoms with E-state index in [1.165, 1.54) is 0 Å². The third-order valence-electron chi connectivity index (χ3n) is 7.05. The summed E-state index contributed by atoms with van der Waals surface area (Å²) in [5, 5.41) is 15.7. The summed E-state index contributed by atoms with van der Waals surface area (Å²) in [6.07, 6.45) is -0.223. The number of para-hydroxylation sites is 1. The van der Waals surface area contributed by atoms with Crippen molar-refractivity contribution in [1.82, 2.24) is 9.80 Å². The highest BCUT2D eigenvalue weighted by Gasteiger charge is 2.46. The molecule has 3 aliphatic rings. The molecule has 2 aromatic rings. The van der Waals surface area contributed by atoms with Gasteiger partial charge < -0.3 is 35.0 Å². The minimum atomic E-state index is -0.510. The summed E-state index contributed by atoms with van der Waals surface area (Å²) in [5.41, 5.74) is 2.32. The number of hydrogen-bond donors (Lipinski definition) is 3. The normalized spacial score (nSPS) is 25.8. The molecule has 0 bridgehead atoms. The maximum atomic E-state index is 12.9. The molecule has 0 aromatic heterocycles. The molecule has 4 atom stereocenters. The van der Waals surface area contributed by atoms with Gasteiger partial charge in [0.15, 0.2) is 0 Å². The number of likely N-dealkylation sites (N-methyl/N-ethyl adjacent to an activating group) is 1. The zero-order valence-corrected chi connectivity index (χ0v) is 19.9. The van der Waals surface area contributed by atoms with Crippen molar-refractivity contribution >= 4 is 23.3 Å². The summed E-state index contributed by atoms with van der Waals surface area (Å²) in [6, 6.07) is 14.5. The van der Waals surface area contributed by atoms with Crippen molar-refractivity contribution in [2.45, 2.75) is 37.1 Å². The van der Waals surface area contributed by atoms with Crippen molar-refractivity contribution in [1.29, 1.82) is 0 Å². The van der Waals surface area contributed by atoms with Gasteiger partial charge in [0.05, 0.1) is 19.1 Å². The van der Waals surface area contributed by atoms with Crippen LogP contribution < -0.4 is 15.4 Å². The highest BCUT2D eigenvalue weighted by Crippen LogP contribution is 2.47. The van der Waals surface area contributed by atoms with Crippen molar-refractivity contribution < 1.29 is 24.2 Å². The second-order valence-corrected chi connectivity index (χ2v) is 9.49. The predicted octanol–water partition coefficient (Wildman–Crippen LogP) is 2.49. The molecule has 2 saturated heterocycles. The first-order valence-corrected chi connectivity index (χ1v) is 12.2. The van der Waals surface area contributed by atoms with Crippen LogP contribution in [0, 0.1) is 0 Å². The summed E-state index contributed by atoms with van der Waals surface area (Å²) in [5.74, 6) is 0.785. The second-order valence-electron chi connectivity index (χ2n) is 9.49. The Bertz CT molecular complexity index is 1060. The van der Waals surface area contributed by atoms with Crippen LogP contribution in [0.4, 0.5) is 16.2 Å². The van der Waals surface area contributed by atoms with Crippen LogP contribution in [0.1, 0.15) is 24.3 Å². The SMILES string of the molecule is CN1CCN(C(=O)C[C@H]2C[C@H]3c4cc(NC(=O)Nc5ccccc5)ccc4O[C@H]3[C@H](CO)O2)CC1. The lowest BCUT2D eigenvalue weighted by Crippen LogP contribution is -2.50. The molecule has 3 aliphatic heterocycles. The average molecular weight is 481 g/mol. The molecule has 0 aliphatic carbocycles. The zero-order valence-electron chi connectivity index (χ0n) is 19.9. The fourth-order valence-corrected chi connectivity index (χ4v) is 5.16. The highest BCUT2D eigenvalue weighted by atomic mass is 16.6. The van der Waals surface area contributed by atoms with Crippen molar-refractivity contribution in [2.24, 2.45) is 0 Å². The largest absolute Gasteiger partial charge is 0.487 e. The van der Waals surface area contributed by atoms with E-state index in [0.717, 1.165) is 37.5 Å². The Morgan fingerprint density at radius 3 is 2.51 bits per heavy atom. The molecule has 0 unspecified atom stereocenters. The van der Waals surface area contributed by atoms with Crippen molar-refractivity contribution in [3.63, 3.8) is 0 Å². The lowest BCUT2D eigenvalue weighted by atomic mass is 9.84. The lowest BCUT2D eigenvalue weighted by Gasteiger charge is -2.38. The molecular formula is C26H32N4O5. The third-order valence-corrected chi connectivity index (χ3v) is 7.05. The summed E-state index contributed by atoms with van der Waals surface area (Å²) in [6.45, 7) is 3.01. The molecule has 0 radical (unpaired) electrons. The number of carbonyl (C=O) groups excluding carboxylic acids is 2. The summed E-state index contributed by atoms with van der Waals surface area (Å²) >= 11 is 0. The van der Waals surface area contributed by atoms with Gasteiger partial charge in [-0.3, -0.25) is 4.79 Å². The zero-order chi connectivity index (χ0) is 24.4. The van der Waals surface area contributed by atoms with Gasteiger partial charge in [-0.15, -0.1) is 0 Å². The number of piperazine rings is 1. The average Bonchev–Trinajstić information content (AvgIpc) is 3.22. The molecule has 0 saturated carbocycles. The first-order valence-electron chi connectivity index (χ1n) is 12.2. The first kappa shape index (κ1) is 23.6. The topological polar surface area (TPSA) is 103 Å². The predicted molar refractivity (Wildman–Crippen MR) is 132 cm³/mol. The molecule has 2 fully saturated rings. The van der Waals surface area contributed by atoms with Gasteiger partial charge in [0, 0.05) is 49.0 Å². The van der Waals surface area contributed by atoms with Crippen LogP contribution >= 0.6 is 0 Å². The maximum absolute atomic E-state index is 12.9. The fraction of sp³-hybridized carbons (Fsp3) is 0.462. The Balaban J connectivity index is 1.26. The number of nitrogens with one attached hydrogen (secondary N) is 2. The monoisotopic (exact) mass is 480 g/mol. The Morgan fingerprint density at radius 1 is 1.03 bits per heavy atom. The van der Waals surface area contributed by atoms with E-state index in [9.17, 15) is 14.7 Å². The van der Waals surface area contributed by atoms with E-state index in [1.54, 1.807) is 6.07 Å². The number of nitrogens with zero attached hydrogens (tertiary/aromatic N) is 2. The Kier molecular flexibility index (Phi) is 6.90. The van der Waals surface area contributed by atoms with Crippen LogP contribution in [0.15, 0.2) is 48.5 Å². The highest BCUT2D eigenvalue weighted by molar-refractivity contribution is 5.99. The van der Waals surface area contributed by atoms with Gasteiger partial charge in [-0.05, 0) is 43.8 Å². The number of hydrogen-bond acceptors (Lipinski definition) is 6. The fourth-order valence-electron chi connectivity index (χ4n) is 5.16. The van der Waals surface area contributed by atoms with E-state index in [4.69, 9.17) is 9.47 Å². The molecule has 3 N–H and O–H groups in total. The third kappa shape index (κ3) is 5.27. The van der Waals surface area contributed by atoms with Gasteiger partial charge in [0.25, 0.3) is 0 Å². The van der Waals surface area contributed by atoms with E-state index < -0.39 is 6.10 Å². The van der Waals surface area contributed by atoms with E-state index in [2.05, 4.69) is 22.6 Å². The molecule has 3 heterocycles. The molecule has 0 spiro atoms. The number of benzene rings is 2. The smallest absolute Gasteiger partial charge is 0.323 e. The first-order chi connectivity index (χ1) is 17.0. The van der Waals surface area contributed by atoms with Crippen LogP contribution in [-0.2, 0) is 9.53 Å². The number of aliphatic hydroxyl groups is 1. The van der Waals surface area contributed by atoms with Crippen molar-refractivity contribution in [2.75, 3.05) is 50.5 Å². The molecular weight excluding hydrogens is 448 g/mol. The molecule has 3 amide bonds. The van der Waals surface area contributed by atoms with Gasteiger partial charge in [-0.25, -0.2) is 4.79 Å². The number of aliphatic hydroxyl groups excluding tert-OH is 1. The Morgan fingerprint density at radius 2 is 1.77 bits per heavy atom. The van der Waals surface area contributed by atoms with Gasteiger partial charge in [0.2, 0.25) is 5.91 Å². The van der Waals surface area contributed by atoms with E-state index in [-0.39, 0.29) is 43.1 Å². The van der Waals surface area contributed by atoms with Crippen LogP contribution in [-0.4, -0.2) is 85.0 Å². The lowest BCUT2D eigenvalue weighted by molar-refractivity contribution is -0.150. The molecule has 9 nitrogen and oxygen atoms in total. The Hall–Kier alpha value is -3.14. The molecule has 35 heavy (non-hydrogen) atoms. The summed E-state index contributed by atoms with van der Waals surface area (Å²) in [7, 11) is 2.06. The van der Waals surface area contributed by atoms with Crippen molar-refractivity contribution in [3.8, 4) is 5.75 Å². The second kappa shape index (κ2) is 10.2. The molecule has 186 valence electrons. The summed E-state index contributed by atoms with van der Waals surface area (Å²) in [4.78, 5) is 29.5. The number of fused-ring (bicyclic) bond motifs is 3. The van der Waals surface area contributed by atoms with Crippen molar-refractivity contribution in [3.05, 3.63) is 54.1 Å². The van der Waals surface area contributed by atoms with Crippen LogP contribution in [0.5, 0.6) is 5.75 Å². The maximum Gasteiger partial charge on any atom is 0.323 e. The number of amides is 3. The van der Waals surface area contributed by atoms with Crippen LogP contribution in [0.3, 0.4) is 0 Å². The minimum absolute atomic E-state index is 0.0277. The number of carbonyl (C=O) groups is 2. The number of ether oxygens (including phenoxy) is 2. The summed E-state index contributed by atoms with van der Waals surface area (Å²) < 4.78 is 12.2. The molecule has 2 aromatic carbocycles. The van der Waals surface area contributed by atoms with E-state index in [1.807, 2.05) is 47.4 Å².